The molecule has 0 bridgehead atoms. The van der Waals surface area contributed by atoms with Crippen LogP contribution in [0.3, 0.4) is 0 Å². The quantitative estimate of drug-likeness (QED) is 0.0564. The Morgan fingerprint density at radius 3 is 2.29 bits per heavy atom. The van der Waals surface area contributed by atoms with Gasteiger partial charge in [-0.1, -0.05) is 30.3 Å². The average molecular weight is 1060 g/mol. The van der Waals surface area contributed by atoms with Crippen LogP contribution in [0.15, 0.2) is 85.2 Å². The summed E-state index contributed by atoms with van der Waals surface area (Å²) < 4.78 is 37.0. The number of benzene rings is 4. The largest absolute Gasteiger partial charge is 0.495 e. The fourth-order valence-corrected chi connectivity index (χ4v) is 10.5. The van der Waals surface area contributed by atoms with Crippen LogP contribution in [0.5, 0.6) is 5.75 Å². The summed E-state index contributed by atoms with van der Waals surface area (Å²) in [6, 6.07) is 20.6. The molecule has 3 saturated heterocycles. The van der Waals surface area contributed by atoms with Gasteiger partial charge in [0, 0.05) is 54.8 Å². The van der Waals surface area contributed by atoms with Gasteiger partial charge in [-0.2, -0.15) is 0 Å². The van der Waals surface area contributed by atoms with Crippen molar-refractivity contribution in [2.24, 2.45) is 5.41 Å². The highest BCUT2D eigenvalue weighted by Crippen LogP contribution is 2.42. The minimum absolute atomic E-state index is 0.0195. The van der Waals surface area contributed by atoms with Crippen LogP contribution in [0.1, 0.15) is 83.4 Å². The molecule has 4 aromatic carbocycles. The van der Waals surface area contributed by atoms with Crippen molar-refractivity contribution in [3.05, 3.63) is 125 Å². The molecule has 9 rings (SSSR count). The molecule has 2 aromatic heterocycles. The van der Waals surface area contributed by atoms with Gasteiger partial charge in [0.05, 0.1) is 42.0 Å². The van der Waals surface area contributed by atoms with Crippen molar-refractivity contribution in [1.29, 1.82) is 0 Å². The Morgan fingerprint density at radius 1 is 0.883 bits per heavy atom. The third-order valence-corrected chi connectivity index (χ3v) is 15.1. The summed E-state index contributed by atoms with van der Waals surface area (Å²) in [5.74, 6) is -3.46. The number of nitrogens with one attached hydrogen (secondary N) is 4. The molecule has 21 heteroatoms. The molecule has 6 N–H and O–H groups in total. The maximum Gasteiger partial charge on any atom is 0.405 e. The first-order chi connectivity index (χ1) is 36.8. The maximum atomic E-state index is 15.8. The zero-order chi connectivity index (χ0) is 54.8. The third kappa shape index (κ3) is 11.8. The number of aliphatic hydroxyl groups is 1. The predicted molar refractivity (Wildman–Crippen MR) is 282 cm³/mol. The number of halogens is 2. The number of rotatable bonds is 15. The van der Waals surface area contributed by atoms with Crippen LogP contribution >= 0.6 is 0 Å². The Balaban J connectivity index is 0.839. The normalized spacial score (nSPS) is 15.8. The number of H-pyrrole nitrogens is 1. The van der Waals surface area contributed by atoms with E-state index in [1.54, 1.807) is 25.1 Å². The number of methoxy groups -OCH3 is 1. The van der Waals surface area contributed by atoms with Crippen LogP contribution in [-0.2, 0) is 21.6 Å². The zero-order valence-corrected chi connectivity index (χ0v) is 43.2. The Morgan fingerprint density at radius 2 is 1.61 bits per heavy atom. The van der Waals surface area contributed by atoms with E-state index >= 15 is 8.78 Å². The second-order valence-electron chi connectivity index (χ2n) is 20.4. The lowest BCUT2D eigenvalue weighted by Gasteiger charge is -2.47. The second-order valence-corrected chi connectivity index (χ2v) is 20.4. The number of aromatic nitrogens is 3. The maximum absolute atomic E-state index is 15.8. The topological polar surface area (TPSA) is 243 Å². The van der Waals surface area contributed by atoms with Crippen LogP contribution in [0.2, 0.25) is 0 Å². The first-order valence-electron chi connectivity index (χ1n) is 25.4. The van der Waals surface area contributed by atoms with Crippen molar-refractivity contribution in [3.63, 3.8) is 0 Å². The van der Waals surface area contributed by atoms with Gasteiger partial charge in [0.25, 0.3) is 11.8 Å². The van der Waals surface area contributed by atoms with Gasteiger partial charge in [0.2, 0.25) is 11.8 Å². The third-order valence-electron chi connectivity index (χ3n) is 15.1. The van der Waals surface area contributed by atoms with E-state index in [-0.39, 0.29) is 41.4 Å². The number of carbonyl (C=O) groups is 6. The van der Waals surface area contributed by atoms with Gasteiger partial charge in [0.15, 0.2) is 0 Å². The molecule has 0 unspecified atom stereocenters. The van der Waals surface area contributed by atoms with Gasteiger partial charge in [-0.25, -0.2) is 28.3 Å². The molecule has 3 fully saturated rings. The summed E-state index contributed by atoms with van der Waals surface area (Å²) in [5, 5.41) is 26.7. The Hall–Kier alpha value is -8.30. The number of carboxylic acid groups (broad SMARTS) is 1. The molecule has 6 aromatic rings. The van der Waals surface area contributed by atoms with Crippen LogP contribution in [-0.4, -0.2) is 130 Å². The number of hydrogen-bond donors (Lipinski definition) is 6. The predicted octanol–water partition coefficient (Wildman–Crippen LogP) is 7.11. The van der Waals surface area contributed by atoms with E-state index < -0.39 is 60.0 Å². The van der Waals surface area contributed by atoms with Crippen molar-refractivity contribution >= 4 is 58.2 Å². The molecule has 19 nitrogen and oxygen atoms in total. The highest BCUT2D eigenvalue weighted by atomic mass is 19.1. The molecule has 402 valence electrons. The fraction of sp³-hybridized carbons (Fsp3) is 0.357. The second kappa shape index (κ2) is 22.1. The van der Waals surface area contributed by atoms with Gasteiger partial charge in [-0.15, -0.1) is 0 Å². The van der Waals surface area contributed by atoms with Crippen LogP contribution in [0.25, 0.3) is 33.5 Å². The number of ether oxygens (including phenoxy) is 1. The number of hydrogen-bond acceptors (Lipinski definition) is 11. The van der Waals surface area contributed by atoms with Gasteiger partial charge in [-0.05, 0) is 142 Å². The van der Waals surface area contributed by atoms with Gasteiger partial charge in [-0.3, -0.25) is 34.3 Å². The highest BCUT2D eigenvalue weighted by Gasteiger charge is 2.39. The standard InChI is InChI=1S/C56H60F2N10O9/c1-33-40(27-38(57)28-44(33)68(32-62-48(70)30-59-54(74)75)52(72)39-11-10-37(26-42(39)58)55(2,3)76)49-41-29-43(63-50(41)61-31-60-49)35-7-5-34(6-8-35)13-19-65-21-15-56(16-22-65)17-23-66(24-18-56)51(71)36-9-12-46(77-4)45(25-36)67-20-14-47(69)64-53(67)73/h5-12,25-29,31,59,76H,13-24,30,32H2,1-4H3,(H,62,70)(H,74,75)(H,60,61,63)(H,64,69,73). The lowest BCUT2D eigenvalue weighted by Crippen LogP contribution is -2.50. The van der Waals surface area contributed by atoms with E-state index in [4.69, 9.17) is 9.84 Å². The van der Waals surface area contributed by atoms with E-state index in [1.165, 1.54) is 50.4 Å². The average Bonchev–Trinajstić information content (AvgIpc) is 3.87. The number of nitrogens with zero attached hydrogens (tertiary/aromatic N) is 6. The summed E-state index contributed by atoms with van der Waals surface area (Å²) in [7, 11) is 1.50. The first kappa shape index (κ1) is 53.5. The van der Waals surface area contributed by atoms with Crippen molar-refractivity contribution in [2.75, 3.05) is 69.4 Å². The lowest BCUT2D eigenvalue weighted by atomic mass is 9.71. The van der Waals surface area contributed by atoms with E-state index in [0.717, 1.165) is 85.6 Å². The van der Waals surface area contributed by atoms with Crippen molar-refractivity contribution < 1.29 is 52.5 Å². The smallest absolute Gasteiger partial charge is 0.405 e. The molecule has 5 heterocycles. The Labute approximate surface area is 442 Å². The fourth-order valence-electron chi connectivity index (χ4n) is 10.5. The summed E-state index contributed by atoms with van der Waals surface area (Å²) in [6.45, 7) is 7.64. The molecule has 3 aliphatic rings. The number of carbonyl (C=O) groups excluding carboxylic acids is 5. The number of aromatic amines is 1. The summed E-state index contributed by atoms with van der Waals surface area (Å²) in [6.07, 6.45) is 4.82. The van der Waals surface area contributed by atoms with E-state index in [2.05, 4.69) is 42.6 Å². The molecule has 0 aliphatic carbocycles. The molecule has 77 heavy (non-hydrogen) atoms. The van der Waals surface area contributed by atoms with Gasteiger partial charge in [0.1, 0.15) is 35.9 Å². The Kier molecular flexibility index (Phi) is 15.4. The number of likely N-dealkylation sites (tertiary alicyclic amines) is 2. The van der Waals surface area contributed by atoms with E-state index in [1.807, 2.05) is 28.4 Å². The van der Waals surface area contributed by atoms with Crippen molar-refractivity contribution in [2.45, 2.75) is 64.9 Å². The van der Waals surface area contributed by atoms with Crippen LogP contribution in [0.4, 0.5) is 29.7 Å². The van der Waals surface area contributed by atoms with E-state index in [0.29, 0.717) is 57.9 Å². The van der Waals surface area contributed by atoms with E-state index in [9.17, 15) is 33.9 Å². The minimum Gasteiger partial charge on any atom is -0.495 e. The molecule has 0 atom stereocenters. The number of piperidine rings is 2. The SMILES string of the molecule is COc1ccc(C(=O)N2CCC3(CCN(CCc4ccc(-c5cc6c(-c7cc(F)cc(N(CNC(=O)CNC(=O)O)C(=O)c8ccc(C(C)(C)O)cc8F)c7C)ncnc6[nH]5)cc4)CC3)CC2)cc1N1CCC(=O)NC1=O. The molecular formula is C56H60F2N10O9. The van der Waals surface area contributed by atoms with Gasteiger partial charge >= 0.3 is 12.1 Å². The van der Waals surface area contributed by atoms with Crippen molar-refractivity contribution in [1.82, 2.24) is 40.7 Å². The number of urea groups is 1. The van der Waals surface area contributed by atoms with Crippen molar-refractivity contribution in [3.8, 4) is 28.3 Å². The van der Waals surface area contributed by atoms with Crippen LogP contribution < -0.4 is 30.5 Å². The van der Waals surface area contributed by atoms with Gasteiger partial charge < -0.3 is 40.4 Å². The lowest BCUT2D eigenvalue weighted by molar-refractivity contribution is -0.121. The number of amides is 7. The highest BCUT2D eigenvalue weighted by molar-refractivity contribution is 6.09. The molecular weight excluding hydrogens is 995 g/mol. The molecule has 1 spiro atoms. The summed E-state index contributed by atoms with van der Waals surface area (Å²) >= 11 is 0. The number of imide groups is 1. The molecule has 0 saturated carbocycles. The first-order valence-corrected chi connectivity index (χ1v) is 25.4. The minimum atomic E-state index is -1.45. The molecule has 0 radical (unpaired) electrons. The monoisotopic (exact) mass is 1050 g/mol. The summed E-state index contributed by atoms with van der Waals surface area (Å²) in [4.78, 5) is 95.2. The molecule has 3 aliphatic heterocycles. The Bertz CT molecular complexity index is 3270. The number of fused-ring (bicyclic) bond motifs is 1. The summed E-state index contributed by atoms with van der Waals surface area (Å²) in [5.41, 5.74) is 3.66. The number of anilines is 2. The van der Waals surface area contributed by atoms with Crippen LogP contribution in [0, 0.1) is 24.0 Å². The molecule has 7 amide bonds. The zero-order valence-electron chi connectivity index (χ0n) is 43.2.